The van der Waals surface area contributed by atoms with Gasteiger partial charge < -0.3 is 31.5 Å². The standard InChI is InChI=1S/C17H30N4O6/c1-4-9(2)13(17(26)27)21-14(23)10(3)19-16(25)12(8-22)20-15(24)11-6-5-7-18-11/h9-13,18,22H,4-8H2,1-3H3,(H,19,25)(H,20,24)(H,21,23)(H,26,27). The van der Waals surface area contributed by atoms with Crippen molar-refractivity contribution in [2.45, 2.75) is 64.2 Å². The number of rotatable bonds is 10. The molecule has 5 unspecified atom stereocenters. The minimum atomic E-state index is -1.19. The van der Waals surface area contributed by atoms with Gasteiger partial charge in [0, 0.05) is 0 Å². The summed E-state index contributed by atoms with van der Waals surface area (Å²) in [5, 5.41) is 28.8. The molecule has 0 saturated carbocycles. The Kier molecular flexibility index (Phi) is 9.16. The van der Waals surface area contributed by atoms with Crippen LogP contribution in [0.3, 0.4) is 0 Å². The van der Waals surface area contributed by atoms with Gasteiger partial charge in [-0.15, -0.1) is 0 Å². The summed E-state index contributed by atoms with van der Waals surface area (Å²) < 4.78 is 0. The zero-order valence-electron chi connectivity index (χ0n) is 15.9. The van der Waals surface area contributed by atoms with E-state index < -0.39 is 48.6 Å². The summed E-state index contributed by atoms with van der Waals surface area (Å²) in [6.45, 7) is 5.01. The van der Waals surface area contributed by atoms with E-state index in [-0.39, 0.29) is 11.8 Å². The highest BCUT2D eigenvalue weighted by Crippen LogP contribution is 2.08. The molecule has 1 aliphatic heterocycles. The molecule has 0 aromatic heterocycles. The van der Waals surface area contributed by atoms with Crippen LogP contribution in [0.5, 0.6) is 0 Å². The number of aliphatic carboxylic acids is 1. The highest BCUT2D eigenvalue weighted by Gasteiger charge is 2.30. The second-order valence-electron chi connectivity index (χ2n) is 6.83. The number of carboxylic acid groups (broad SMARTS) is 1. The van der Waals surface area contributed by atoms with E-state index in [9.17, 15) is 29.4 Å². The molecule has 1 fully saturated rings. The molecule has 0 aliphatic carbocycles. The average Bonchev–Trinajstić information content (AvgIpc) is 3.17. The summed E-state index contributed by atoms with van der Waals surface area (Å²) >= 11 is 0. The Hall–Kier alpha value is -2.20. The first kappa shape index (κ1) is 22.8. The monoisotopic (exact) mass is 386 g/mol. The predicted octanol–water partition coefficient (Wildman–Crippen LogP) is -1.66. The lowest BCUT2D eigenvalue weighted by atomic mass is 9.99. The Balaban J connectivity index is 2.60. The maximum absolute atomic E-state index is 12.2. The first-order chi connectivity index (χ1) is 12.7. The lowest BCUT2D eigenvalue weighted by molar-refractivity contribution is -0.143. The summed E-state index contributed by atoms with van der Waals surface area (Å²) in [6, 6.07) is -3.69. The van der Waals surface area contributed by atoms with Gasteiger partial charge in [-0.05, 0) is 32.2 Å². The minimum Gasteiger partial charge on any atom is -0.480 e. The van der Waals surface area contributed by atoms with Crippen molar-refractivity contribution in [2.24, 2.45) is 5.92 Å². The van der Waals surface area contributed by atoms with E-state index in [4.69, 9.17) is 0 Å². The minimum absolute atomic E-state index is 0.280. The topological polar surface area (TPSA) is 157 Å². The molecule has 1 rings (SSSR count). The van der Waals surface area contributed by atoms with Crippen LogP contribution in [0.15, 0.2) is 0 Å². The fraction of sp³-hybridized carbons (Fsp3) is 0.765. The molecule has 27 heavy (non-hydrogen) atoms. The van der Waals surface area contributed by atoms with Crippen LogP contribution in [-0.4, -0.2) is 71.2 Å². The zero-order chi connectivity index (χ0) is 20.6. The van der Waals surface area contributed by atoms with Crippen LogP contribution in [0.25, 0.3) is 0 Å². The van der Waals surface area contributed by atoms with Crippen molar-refractivity contribution in [1.82, 2.24) is 21.3 Å². The van der Waals surface area contributed by atoms with Crippen molar-refractivity contribution in [1.29, 1.82) is 0 Å². The van der Waals surface area contributed by atoms with Gasteiger partial charge in [-0.3, -0.25) is 14.4 Å². The number of carboxylic acids is 1. The maximum atomic E-state index is 12.2. The number of carbonyl (C=O) groups excluding carboxylic acids is 3. The van der Waals surface area contributed by atoms with Crippen LogP contribution >= 0.6 is 0 Å². The van der Waals surface area contributed by atoms with Crippen LogP contribution in [0.4, 0.5) is 0 Å². The SMILES string of the molecule is CCC(C)C(NC(=O)C(C)NC(=O)C(CO)NC(=O)C1CCCN1)C(=O)O. The van der Waals surface area contributed by atoms with E-state index in [1.54, 1.807) is 6.92 Å². The number of nitrogens with one attached hydrogen (secondary N) is 4. The van der Waals surface area contributed by atoms with Crippen molar-refractivity contribution in [3.63, 3.8) is 0 Å². The number of carbonyl (C=O) groups is 4. The van der Waals surface area contributed by atoms with Crippen molar-refractivity contribution < 1.29 is 29.4 Å². The molecule has 0 aromatic rings. The van der Waals surface area contributed by atoms with Crippen molar-refractivity contribution >= 4 is 23.7 Å². The molecule has 10 heteroatoms. The average molecular weight is 386 g/mol. The molecule has 1 heterocycles. The molecule has 1 saturated heterocycles. The second kappa shape index (κ2) is 10.8. The largest absolute Gasteiger partial charge is 0.480 e. The first-order valence-electron chi connectivity index (χ1n) is 9.19. The number of aliphatic hydroxyl groups is 1. The van der Waals surface area contributed by atoms with Crippen molar-refractivity contribution in [2.75, 3.05) is 13.2 Å². The Labute approximate surface area is 158 Å². The van der Waals surface area contributed by atoms with Crippen molar-refractivity contribution in [3.8, 4) is 0 Å². The van der Waals surface area contributed by atoms with Gasteiger partial charge in [-0.2, -0.15) is 0 Å². The number of amides is 3. The highest BCUT2D eigenvalue weighted by atomic mass is 16.4. The third-order valence-electron chi connectivity index (χ3n) is 4.72. The third kappa shape index (κ3) is 6.79. The molecular formula is C17H30N4O6. The summed E-state index contributed by atoms with van der Waals surface area (Å²) in [4.78, 5) is 47.8. The van der Waals surface area contributed by atoms with Crippen LogP contribution in [-0.2, 0) is 19.2 Å². The van der Waals surface area contributed by atoms with E-state index in [0.717, 1.165) is 6.42 Å². The van der Waals surface area contributed by atoms with E-state index in [1.165, 1.54) is 6.92 Å². The van der Waals surface area contributed by atoms with Gasteiger partial charge in [0.25, 0.3) is 0 Å². The van der Waals surface area contributed by atoms with E-state index in [1.807, 2.05) is 6.92 Å². The Morgan fingerprint density at radius 2 is 1.78 bits per heavy atom. The Bertz CT molecular complexity index is 550. The van der Waals surface area contributed by atoms with E-state index in [0.29, 0.717) is 19.4 Å². The van der Waals surface area contributed by atoms with Gasteiger partial charge in [0.15, 0.2) is 0 Å². The number of hydrogen-bond acceptors (Lipinski definition) is 6. The normalized spacial score (nSPS) is 20.8. The van der Waals surface area contributed by atoms with Gasteiger partial charge in [0.1, 0.15) is 18.1 Å². The fourth-order valence-electron chi connectivity index (χ4n) is 2.72. The molecule has 0 spiro atoms. The molecular weight excluding hydrogens is 356 g/mol. The molecule has 3 amide bonds. The van der Waals surface area contributed by atoms with Crippen LogP contribution in [0.2, 0.25) is 0 Å². The lowest BCUT2D eigenvalue weighted by Crippen LogP contribution is -2.57. The Morgan fingerprint density at radius 1 is 1.11 bits per heavy atom. The summed E-state index contributed by atoms with van der Waals surface area (Å²) in [5.74, 6) is -3.20. The van der Waals surface area contributed by atoms with Crippen molar-refractivity contribution in [3.05, 3.63) is 0 Å². The number of aliphatic hydroxyl groups excluding tert-OH is 1. The van der Waals surface area contributed by atoms with Gasteiger partial charge in [-0.25, -0.2) is 4.79 Å². The van der Waals surface area contributed by atoms with Crippen LogP contribution in [0.1, 0.15) is 40.0 Å². The Morgan fingerprint density at radius 3 is 2.26 bits per heavy atom. The van der Waals surface area contributed by atoms with E-state index >= 15 is 0 Å². The van der Waals surface area contributed by atoms with Crippen LogP contribution < -0.4 is 21.3 Å². The van der Waals surface area contributed by atoms with Gasteiger partial charge in [-0.1, -0.05) is 20.3 Å². The zero-order valence-corrected chi connectivity index (χ0v) is 15.9. The lowest BCUT2D eigenvalue weighted by Gasteiger charge is -2.24. The number of hydrogen-bond donors (Lipinski definition) is 6. The summed E-state index contributed by atoms with van der Waals surface area (Å²) in [6.07, 6.45) is 2.06. The molecule has 0 aromatic carbocycles. The third-order valence-corrected chi connectivity index (χ3v) is 4.72. The van der Waals surface area contributed by atoms with Gasteiger partial charge in [0.2, 0.25) is 17.7 Å². The molecule has 6 N–H and O–H groups in total. The molecule has 1 aliphatic rings. The molecule has 0 radical (unpaired) electrons. The molecule has 0 bridgehead atoms. The second-order valence-corrected chi connectivity index (χ2v) is 6.83. The molecule has 5 atom stereocenters. The first-order valence-corrected chi connectivity index (χ1v) is 9.19. The van der Waals surface area contributed by atoms with E-state index in [2.05, 4.69) is 21.3 Å². The maximum Gasteiger partial charge on any atom is 0.326 e. The predicted molar refractivity (Wildman–Crippen MR) is 96.7 cm³/mol. The molecule has 154 valence electrons. The fourth-order valence-corrected chi connectivity index (χ4v) is 2.72. The summed E-state index contributed by atoms with van der Waals surface area (Å²) in [5.41, 5.74) is 0. The molecule has 10 nitrogen and oxygen atoms in total. The van der Waals surface area contributed by atoms with Gasteiger partial charge in [0.05, 0.1) is 12.6 Å². The smallest absolute Gasteiger partial charge is 0.326 e. The van der Waals surface area contributed by atoms with Crippen LogP contribution in [0, 0.1) is 5.92 Å². The van der Waals surface area contributed by atoms with Gasteiger partial charge >= 0.3 is 5.97 Å². The summed E-state index contributed by atoms with van der Waals surface area (Å²) in [7, 11) is 0. The highest BCUT2D eigenvalue weighted by molar-refractivity contribution is 5.94. The quantitative estimate of drug-likeness (QED) is 0.262.